The summed E-state index contributed by atoms with van der Waals surface area (Å²) >= 11 is 1.52. The normalized spacial score (nSPS) is 11.7. The molecule has 0 fully saturated rings. The lowest BCUT2D eigenvalue weighted by atomic mass is 10.1. The smallest absolute Gasteiger partial charge is 0.338 e. The molecule has 0 radical (unpaired) electrons. The Kier molecular flexibility index (Phi) is 6.23. The number of rotatable bonds is 6. The van der Waals surface area contributed by atoms with Crippen LogP contribution in [0.3, 0.4) is 0 Å². The van der Waals surface area contributed by atoms with Gasteiger partial charge in [0.15, 0.2) is 6.10 Å². The lowest BCUT2D eigenvalue weighted by Crippen LogP contribution is -2.37. The van der Waals surface area contributed by atoms with Crippen LogP contribution in [0.1, 0.15) is 32.6 Å². The number of para-hydroxylation sites is 1. The van der Waals surface area contributed by atoms with E-state index >= 15 is 0 Å². The van der Waals surface area contributed by atoms with Crippen molar-refractivity contribution in [2.45, 2.75) is 19.6 Å². The summed E-state index contributed by atoms with van der Waals surface area (Å²) in [4.78, 5) is 42.3. The van der Waals surface area contributed by atoms with Gasteiger partial charge < -0.3 is 14.4 Å². The Morgan fingerprint density at radius 2 is 1.66 bits per heavy atom. The summed E-state index contributed by atoms with van der Waals surface area (Å²) in [5.41, 5.74) is 1.46. The summed E-state index contributed by atoms with van der Waals surface area (Å²) in [6.45, 7) is 1.85. The minimum Gasteiger partial charge on any atom is -0.465 e. The first-order chi connectivity index (χ1) is 13.9. The Labute approximate surface area is 171 Å². The summed E-state index contributed by atoms with van der Waals surface area (Å²) in [5, 5.41) is 0.805. The molecule has 7 nitrogen and oxygen atoms in total. The van der Waals surface area contributed by atoms with E-state index in [2.05, 4.69) is 9.72 Å². The summed E-state index contributed by atoms with van der Waals surface area (Å²) in [6.07, 6.45) is -0.956. The highest BCUT2D eigenvalue weighted by atomic mass is 32.1. The Bertz CT molecular complexity index is 1010. The van der Waals surface area contributed by atoms with E-state index in [4.69, 9.17) is 4.74 Å². The van der Waals surface area contributed by atoms with Crippen LogP contribution in [0.5, 0.6) is 0 Å². The summed E-state index contributed by atoms with van der Waals surface area (Å²) in [6, 6.07) is 13.6. The van der Waals surface area contributed by atoms with Gasteiger partial charge in [-0.05, 0) is 43.3 Å². The van der Waals surface area contributed by atoms with Crippen molar-refractivity contribution < 1.29 is 23.9 Å². The van der Waals surface area contributed by atoms with E-state index in [0.717, 1.165) is 15.2 Å². The zero-order chi connectivity index (χ0) is 21.0. The molecule has 3 aromatic rings. The molecule has 0 N–H and O–H groups in total. The van der Waals surface area contributed by atoms with Crippen molar-refractivity contribution in [2.75, 3.05) is 14.2 Å². The Morgan fingerprint density at radius 1 is 1.03 bits per heavy atom. The highest BCUT2D eigenvalue weighted by Crippen LogP contribution is 2.22. The number of likely N-dealkylation sites (N-methyl/N-ethyl adjacent to an activating group) is 1. The van der Waals surface area contributed by atoms with Crippen molar-refractivity contribution in [1.82, 2.24) is 9.88 Å². The molecular formula is C21H20N2O5S. The maximum absolute atomic E-state index is 12.6. The topological polar surface area (TPSA) is 85.8 Å². The van der Waals surface area contributed by atoms with Crippen LogP contribution in [0.25, 0.3) is 10.2 Å². The summed E-state index contributed by atoms with van der Waals surface area (Å²) in [7, 11) is 2.92. The minimum atomic E-state index is -0.956. The second kappa shape index (κ2) is 8.83. The first kappa shape index (κ1) is 20.5. The summed E-state index contributed by atoms with van der Waals surface area (Å²) < 4.78 is 11.0. The number of carbonyl (C=O) groups excluding carboxylic acids is 3. The third-order valence-corrected chi connectivity index (χ3v) is 5.28. The van der Waals surface area contributed by atoms with Gasteiger partial charge in [-0.1, -0.05) is 12.1 Å². The van der Waals surface area contributed by atoms with Gasteiger partial charge in [0, 0.05) is 7.05 Å². The van der Waals surface area contributed by atoms with Gasteiger partial charge in [0.05, 0.1) is 35.0 Å². The average molecular weight is 412 g/mol. The fraction of sp³-hybridized carbons (Fsp3) is 0.238. The predicted octanol–water partition coefficient (Wildman–Crippen LogP) is 3.29. The molecule has 1 heterocycles. The van der Waals surface area contributed by atoms with Crippen molar-refractivity contribution in [3.63, 3.8) is 0 Å². The van der Waals surface area contributed by atoms with E-state index in [-0.39, 0.29) is 11.5 Å². The van der Waals surface area contributed by atoms with E-state index in [9.17, 15) is 14.4 Å². The van der Waals surface area contributed by atoms with Crippen molar-refractivity contribution in [1.29, 1.82) is 0 Å². The molecule has 0 aliphatic heterocycles. The molecule has 1 atom stereocenters. The number of fused-ring (bicyclic) bond motifs is 1. The third kappa shape index (κ3) is 4.78. The molecule has 1 unspecified atom stereocenters. The van der Waals surface area contributed by atoms with Crippen LogP contribution in [0, 0.1) is 0 Å². The van der Waals surface area contributed by atoms with Crippen molar-refractivity contribution in [2.24, 2.45) is 0 Å². The number of hydrogen-bond donors (Lipinski definition) is 0. The number of hydrogen-bond acceptors (Lipinski definition) is 7. The summed E-state index contributed by atoms with van der Waals surface area (Å²) in [5.74, 6) is -1.47. The van der Waals surface area contributed by atoms with Crippen LogP contribution >= 0.6 is 11.3 Å². The highest BCUT2D eigenvalue weighted by Gasteiger charge is 2.23. The molecule has 29 heavy (non-hydrogen) atoms. The quantitative estimate of drug-likeness (QED) is 0.578. The van der Waals surface area contributed by atoms with Gasteiger partial charge in [0.1, 0.15) is 5.01 Å². The SMILES string of the molecule is COC(=O)c1ccc(C(=O)OC(C)C(=O)N(C)Cc2nc3ccccc3s2)cc1. The van der Waals surface area contributed by atoms with Gasteiger partial charge in [-0.2, -0.15) is 0 Å². The largest absolute Gasteiger partial charge is 0.465 e. The van der Waals surface area contributed by atoms with Gasteiger partial charge in [-0.15, -0.1) is 11.3 Å². The fourth-order valence-corrected chi connectivity index (χ4v) is 3.74. The Morgan fingerprint density at radius 3 is 2.28 bits per heavy atom. The monoisotopic (exact) mass is 412 g/mol. The number of methoxy groups -OCH3 is 1. The maximum atomic E-state index is 12.6. The second-order valence-corrected chi connectivity index (χ2v) is 7.50. The zero-order valence-electron chi connectivity index (χ0n) is 16.2. The number of aromatic nitrogens is 1. The highest BCUT2D eigenvalue weighted by molar-refractivity contribution is 7.18. The molecule has 1 amide bonds. The van der Waals surface area contributed by atoms with Gasteiger partial charge >= 0.3 is 11.9 Å². The fourth-order valence-electron chi connectivity index (χ4n) is 2.72. The van der Waals surface area contributed by atoms with Gasteiger partial charge in [-0.3, -0.25) is 4.79 Å². The molecule has 0 bridgehead atoms. The molecule has 0 aliphatic carbocycles. The molecule has 0 saturated carbocycles. The molecule has 3 rings (SSSR count). The number of carbonyl (C=O) groups is 3. The van der Waals surface area contributed by atoms with Crippen molar-refractivity contribution in [3.05, 3.63) is 64.7 Å². The lowest BCUT2D eigenvalue weighted by molar-refractivity contribution is -0.139. The van der Waals surface area contributed by atoms with Gasteiger partial charge in [-0.25, -0.2) is 14.6 Å². The Hall–Kier alpha value is -3.26. The third-order valence-electron chi connectivity index (χ3n) is 4.26. The second-order valence-electron chi connectivity index (χ2n) is 6.39. The maximum Gasteiger partial charge on any atom is 0.338 e. The number of esters is 2. The van der Waals surface area contributed by atoms with E-state index < -0.39 is 18.0 Å². The van der Waals surface area contributed by atoms with Crippen molar-refractivity contribution in [3.8, 4) is 0 Å². The molecule has 1 aromatic heterocycles. The molecule has 150 valence electrons. The van der Waals surface area contributed by atoms with Crippen molar-refractivity contribution >= 4 is 39.4 Å². The number of nitrogens with zero attached hydrogens (tertiary/aromatic N) is 2. The van der Waals surface area contributed by atoms with Crippen LogP contribution in [0.4, 0.5) is 0 Å². The number of benzene rings is 2. The van der Waals surface area contributed by atoms with Crippen LogP contribution in [-0.2, 0) is 20.8 Å². The van der Waals surface area contributed by atoms with E-state index in [1.54, 1.807) is 7.05 Å². The van der Waals surface area contributed by atoms with Crippen LogP contribution in [0.2, 0.25) is 0 Å². The average Bonchev–Trinajstić information content (AvgIpc) is 3.14. The first-order valence-electron chi connectivity index (χ1n) is 8.88. The molecule has 0 aliphatic rings. The Balaban J connectivity index is 1.60. The molecule has 0 saturated heterocycles. The standard InChI is InChI=1S/C21H20N2O5S/c1-13(28-21(26)15-10-8-14(9-11-15)20(25)27-3)19(24)23(2)12-18-22-16-6-4-5-7-17(16)29-18/h4-11,13H,12H2,1-3H3. The van der Waals surface area contributed by atoms with E-state index in [1.807, 2.05) is 24.3 Å². The van der Waals surface area contributed by atoms with Crippen LogP contribution in [-0.4, -0.2) is 48.0 Å². The van der Waals surface area contributed by atoms with E-state index in [0.29, 0.717) is 12.1 Å². The minimum absolute atomic E-state index is 0.242. The van der Waals surface area contributed by atoms with E-state index in [1.165, 1.54) is 54.5 Å². The van der Waals surface area contributed by atoms with Crippen LogP contribution < -0.4 is 0 Å². The first-order valence-corrected chi connectivity index (χ1v) is 9.69. The number of ether oxygens (including phenoxy) is 2. The van der Waals surface area contributed by atoms with Gasteiger partial charge in [0.25, 0.3) is 5.91 Å². The van der Waals surface area contributed by atoms with Crippen LogP contribution in [0.15, 0.2) is 48.5 Å². The zero-order valence-corrected chi connectivity index (χ0v) is 17.1. The molecule has 2 aromatic carbocycles. The number of thiazole rings is 1. The van der Waals surface area contributed by atoms with Gasteiger partial charge in [0.2, 0.25) is 0 Å². The molecule has 0 spiro atoms. The lowest BCUT2D eigenvalue weighted by Gasteiger charge is -2.20. The predicted molar refractivity (Wildman–Crippen MR) is 109 cm³/mol. The molecular weight excluding hydrogens is 392 g/mol. The molecule has 8 heteroatoms. The number of amides is 1.